The van der Waals surface area contributed by atoms with Gasteiger partial charge in [-0.2, -0.15) is 0 Å². The Kier molecular flexibility index (Phi) is 5.73. The summed E-state index contributed by atoms with van der Waals surface area (Å²) >= 11 is 0. The normalized spacial score (nSPS) is 11.5. The van der Waals surface area contributed by atoms with Crippen molar-refractivity contribution in [2.45, 2.75) is 11.4 Å². The first-order valence-corrected chi connectivity index (χ1v) is 12.0. The highest BCUT2D eigenvalue weighted by molar-refractivity contribution is 7.90. The van der Waals surface area contributed by atoms with Gasteiger partial charge in [0.05, 0.1) is 22.6 Å². The van der Waals surface area contributed by atoms with Crippen LogP contribution in [0.25, 0.3) is 10.9 Å². The average Bonchev–Trinajstić information content (AvgIpc) is 2.78. The van der Waals surface area contributed by atoms with Crippen LogP contribution in [0.15, 0.2) is 82.6 Å². The van der Waals surface area contributed by atoms with E-state index in [1.165, 1.54) is 33.9 Å². The van der Waals surface area contributed by atoms with Gasteiger partial charge in [-0.05, 0) is 42.0 Å². The Labute approximate surface area is 190 Å². The zero-order valence-corrected chi connectivity index (χ0v) is 18.9. The zero-order chi connectivity index (χ0) is 23.8. The van der Waals surface area contributed by atoms with Crippen molar-refractivity contribution in [3.63, 3.8) is 0 Å². The summed E-state index contributed by atoms with van der Waals surface area (Å²) in [6.07, 6.45) is 2.59. The molecule has 33 heavy (non-hydrogen) atoms. The number of nitrogens with zero attached hydrogens (tertiary/aromatic N) is 3. The number of benzene rings is 2. The van der Waals surface area contributed by atoms with Crippen LogP contribution in [-0.4, -0.2) is 30.1 Å². The number of nitrogens with two attached hydrogens (primary N) is 1. The molecule has 0 aliphatic carbocycles. The summed E-state index contributed by atoms with van der Waals surface area (Å²) in [6, 6.07) is 18.1. The minimum atomic E-state index is -3.63. The number of hydrogen-bond donors (Lipinski definition) is 1. The summed E-state index contributed by atoms with van der Waals surface area (Å²) in [5, 5.41) is 0.883. The van der Waals surface area contributed by atoms with Crippen molar-refractivity contribution in [3.8, 4) is 0 Å². The van der Waals surface area contributed by atoms with Gasteiger partial charge in [-0.25, -0.2) is 13.4 Å². The fraction of sp³-hybridized carbons (Fsp3) is 0.125. The minimum absolute atomic E-state index is 0.0188. The Hall–Kier alpha value is -3.98. The number of hydrogen-bond acceptors (Lipinski definition) is 6. The molecule has 9 heteroatoms. The highest BCUT2D eigenvalue weighted by Gasteiger charge is 2.24. The van der Waals surface area contributed by atoms with E-state index in [4.69, 9.17) is 5.73 Å². The molecule has 0 radical (unpaired) electrons. The Morgan fingerprint density at radius 3 is 2.52 bits per heavy atom. The molecule has 2 aromatic carbocycles. The first kappa shape index (κ1) is 22.2. The van der Waals surface area contributed by atoms with Crippen LogP contribution in [-0.2, 0) is 23.4 Å². The lowest BCUT2D eigenvalue weighted by molar-refractivity contribution is 0.0984. The van der Waals surface area contributed by atoms with Crippen molar-refractivity contribution in [3.05, 3.63) is 94.4 Å². The molecule has 0 saturated heterocycles. The van der Waals surface area contributed by atoms with E-state index in [-0.39, 0.29) is 28.3 Å². The average molecular weight is 463 g/mol. The van der Waals surface area contributed by atoms with Crippen molar-refractivity contribution in [1.82, 2.24) is 9.55 Å². The van der Waals surface area contributed by atoms with Gasteiger partial charge in [-0.1, -0.05) is 24.3 Å². The number of sulfone groups is 1. The van der Waals surface area contributed by atoms with Gasteiger partial charge in [0.1, 0.15) is 5.82 Å². The number of pyridine rings is 2. The van der Waals surface area contributed by atoms with Crippen molar-refractivity contribution in [1.29, 1.82) is 0 Å². The maximum atomic E-state index is 13.6. The number of amides is 1. The topological polar surface area (TPSA) is 115 Å². The Bertz CT molecular complexity index is 1540. The number of fused-ring (bicyclic) bond motifs is 1. The summed E-state index contributed by atoms with van der Waals surface area (Å²) in [7, 11) is -2.05. The standard InChI is InChI=1S/C24H22N4O4S/c1-27-12-11-18(14-23(27)29)24(30)28(20-5-3-4-6-21(20)33(2,31)32)15-16-7-8-17-9-10-22(25)26-19(17)13-16/h3-14H,15H2,1-2H3,(H2,25,26). The molecule has 0 atom stereocenters. The number of nitrogen functional groups attached to an aromatic ring is 1. The number of carbonyl (C=O) groups is 1. The quantitative estimate of drug-likeness (QED) is 0.488. The summed E-state index contributed by atoms with van der Waals surface area (Å²) in [4.78, 5) is 31.4. The molecular weight excluding hydrogens is 440 g/mol. The molecule has 0 fully saturated rings. The van der Waals surface area contributed by atoms with E-state index in [9.17, 15) is 18.0 Å². The van der Waals surface area contributed by atoms with E-state index in [1.807, 2.05) is 18.2 Å². The van der Waals surface area contributed by atoms with Crippen molar-refractivity contribution >= 4 is 38.2 Å². The van der Waals surface area contributed by atoms with Crippen LogP contribution < -0.4 is 16.2 Å². The van der Waals surface area contributed by atoms with E-state index in [0.29, 0.717) is 11.3 Å². The van der Waals surface area contributed by atoms with Crippen LogP contribution in [0, 0.1) is 0 Å². The first-order chi connectivity index (χ1) is 15.6. The minimum Gasteiger partial charge on any atom is -0.384 e. The van der Waals surface area contributed by atoms with Crippen LogP contribution in [0.1, 0.15) is 15.9 Å². The van der Waals surface area contributed by atoms with Gasteiger partial charge in [0.25, 0.3) is 11.5 Å². The molecule has 2 aromatic heterocycles. The number of rotatable bonds is 5. The molecule has 0 aliphatic rings. The van der Waals surface area contributed by atoms with E-state index < -0.39 is 15.7 Å². The first-order valence-electron chi connectivity index (χ1n) is 10.1. The molecule has 4 rings (SSSR count). The van der Waals surface area contributed by atoms with Crippen LogP contribution in [0.4, 0.5) is 11.5 Å². The second kappa shape index (κ2) is 8.51. The molecular formula is C24H22N4O4S. The van der Waals surface area contributed by atoms with Gasteiger partial charge >= 0.3 is 0 Å². The van der Waals surface area contributed by atoms with Gasteiger partial charge in [-0.15, -0.1) is 0 Å². The number of carbonyl (C=O) groups excluding carboxylic acids is 1. The maximum Gasteiger partial charge on any atom is 0.258 e. The van der Waals surface area contributed by atoms with Gasteiger partial charge in [0.15, 0.2) is 9.84 Å². The highest BCUT2D eigenvalue weighted by atomic mass is 32.2. The Balaban J connectivity index is 1.85. The van der Waals surface area contributed by atoms with Crippen LogP contribution in [0.5, 0.6) is 0 Å². The third-order valence-corrected chi connectivity index (χ3v) is 6.41. The third-order valence-electron chi connectivity index (χ3n) is 5.27. The van der Waals surface area contributed by atoms with Crippen LogP contribution >= 0.6 is 0 Å². The third kappa shape index (κ3) is 4.63. The second-order valence-electron chi connectivity index (χ2n) is 7.76. The molecule has 1 amide bonds. The molecule has 0 unspecified atom stereocenters. The largest absolute Gasteiger partial charge is 0.384 e. The molecule has 2 heterocycles. The van der Waals surface area contributed by atoms with E-state index in [0.717, 1.165) is 17.2 Å². The molecule has 168 valence electrons. The number of anilines is 2. The lowest BCUT2D eigenvalue weighted by Gasteiger charge is -2.25. The summed E-state index contributed by atoms with van der Waals surface area (Å²) in [6.45, 7) is 0.0625. The van der Waals surface area contributed by atoms with Gasteiger partial charge < -0.3 is 15.2 Å². The summed E-state index contributed by atoms with van der Waals surface area (Å²) < 4.78 is 26.3. The fourth-order valence-electron chi connectivity index (χ4n) is 3.56. The highest BCUT2D eigenvalue weighted by Crippen LogP contribution is 2.28. The molecule has 2 N–H and O–H groups in total. The smallest absolute Gasteiger partial charge is 0.258 e. The SMILES string of the molecule is Cn1ccc(C(=O)N(Cc2ccc3ccc(N)nc3c2)c2ccccc2S(C)(=O)=O)cc1=O. The van der Waals surface area contributed by atoms with Crippen molar-refractivity contribution in [2.75, 3.05) is 16.9 Å². The summed E-state index contributed by atoms with van der Waals surface area (Å²) in [5.74, 6) is -0.125. The lowest BCUT2D eigenvalue weighted by Crippen LogP contribution is -2.33. The van der Waals surface area contributed by atoms with Crippen LogP contribution in [0.2, 0.25) is 0 Å². The van der Waals surface area contributed by atoms with Crippen molar-refractivity contribution < 1.29 is 13.2 Å². The Morgan fingerprint density at radius 2 is 1.79 bits per heavy atom. The molecule has 0 spiro atoms. The van der Waals surface area contributed by atoms with Gasteiger partial charge in [0, 0.05) is 36.5 Å². The van der Waals surface area contributed by atoms with Gasteiger partial charge in [0.2, 0.25) is 0 Å². The van der Waals surface area contributed by atoms with Crippen LogP contribution in [0.3, 0.4) is 0 Å². The molecule has 0 aliphatic heterocycles. The van der Waals surface area contributed by atoms with E-state index in [1.54, 1.807) is 37.4 Å². The maximum absolute atomic E-state index is 13.6. The predicted octanol–water partition coefficient (Wildman–Crippen LogP) is 2.77. The molecule has 0 saturated carbocycles. The van der Waals surface area contributed by atoms with E-state index in [2.05, 4.69) is 4.98 Å². The number of aryl methyl sites for hydroxylation is 1. The fourth-order valence-corrected chi connectivity index (χ4v) is 4.44. The molecule has 8 nitrogen and oxygen atoms in total. The molecule has 4 aromatic rings. The number of para-hydroxylation sites is 1. The van der Waals surface area contributed by atoms with Crippen molar-refractivity contribution in [2.24, 2.45) is 7.05 Å². The second-order valence-corrected chi connectivity index (χ2v) is 9.74. The zero-order valence-electron chi connectivity index (χ0n) is 18.1. The monoisotopic (exact) mass is 462 g/mol. The van der Waals surface area contributed by atoms with E-state index >= 15 is 0 Å². The molecule has 0 bridgehead atoms. The lowest BCUT2D eigenvalue weighted by atomic mass is 10.1. The summed E-state index contributed by atoms with van der Waals surface area (Å²) in [5.41, 5.74) is 7.23. The predicted molar refractivity (Wildman–Crippen MR) is 128 cm³/mol. The number of aromatic nitrogens is 2. The van der Waals surface area contributed by atoms with Gasteiger partial charge in [-0.3, -0.25) is 9.59 Å². The Morgan fingerprint density at radius 1 is 1.06 bits per heavy atom.